The number of nitrogens with one attached hydrogen (secondary N) is 3. The number of carbonyl (C=O) groups excluding carboxylic acids is 2. The van der Waals surface area contributed by atoms with Crippen molar-refractivity contribution in [2.24, 2.45) is 0 Å². The Balaban J connectivity index is 1.25. The van der Waals surface area contributed by atoms with Crippen molar-refractivity contribution in [3.8, 4) is 16.8 Å². The van der Waals surface area contributed by atoms with Gasteiger partial charge in [0.1, 0.15) is 0 Å². The van der Waals surface area contributed by atoms with Crippen molar-refractivity contribution in [1.82, 2.24) is 30.2 Å². The average Bonchev–Trinajstić information content (AvgIpc) is 3.72. The third-order valence-corrected chi connectivity index (χ3v) is 6.81. The number of hydrogen-bond donors (Lipinski definition) is 3. The number of imidazole rings is 1. The molecule has 0 radical (unpaired) electrons. The highest BCUT2D eigenvalue weighted by Crippen LogP contribution is 2.22. The van der Waals surface area contributed by atoms with Crippen molar-refractivity contribution in [3.05, 3.63) is 84.4 Å². The molecule has 3 heterocycles. The number of amides is 2. The molecule has 2 amide bonds. The maximum Gasteiger partial charge on any atom is 0.258 e. The van der Waals surface area contributed by atoms with E-state index in [0.717, 1.165) is 41.9 Å². The summed E-state index contributed by atoms with van der Waals surface area (Å²) in [5, 5.41) is 11.8. The van der Waals surface area contributed by atoms with Crippen molar-refractivity contribution in [3.63, 3.8) is 0 Å². The summed E-state index contributed by atoms with van der Waals surface area (Å²) in [6, 6.07) is 17.3. The van der Waals surface area contributed by atoms with Crippen molar-refractivity contribution < 1.29 is 14.3 Å². The number of hydrogen-bond acceptors (Lipinski definition) is 6. The number of aromatic amines is 1. The molecule has 1 saturated heterocycles. The van der Waals surface area contributed by atoms with Crippen LogP contribution in [0.4, 0.5) is 5.95 Å². The van der Waals surface area contributed by atoms with Gasteiger partial charge in [-0.3, -0.25) is 30.0 Å². The number of anilines is 1. The van der Waals surface area contributed by atoms with Crippen molar-refractivity contribution >= 4 is 17.8 Å². The Kier molecular flexibility index (Phi) is 8.45. The van der Waals surface area contributed by atoms with Crippen molar-refractivity contribution in [1.29, 1.82) is 0 Å². The maximum atomic E-state index is 13.2. The van der Waals surface area contributed by atoms with Crippen LogP contribution in [-0.2, 0) is 16.0 Å². The van der Waals surface area contributed by atoms with Crippen LogP contribution < -0.4 is 10.7 Å². The number of methoxy groups -OCH3 is 1. The standard InChI is InChI=1S/C29H33N7O3/c1-39-20-26-13-7-15-36(26)34-27(37)14-6-10-24-19-35(25-11-3-2-4-12-25)29(32-24)33-28(38)22-9-5-8-21(16-22)23-17-30-31-18-23/h2-5,8-9,11-12,16-19,26H,6-7,10,13-15,20H2,1H3,(H,30,31)(H,34,37)(H,32,33,38)/t26-/m0/s1. The molecule has 1 fully saturated rings. The monoisotopic (exact) mass is 527 g/mol. The minimum atomic E-state index is -0.259. The number of hydrazine groups is 1. The number of nitrogens with zero attached hydrogens (tertiary/aromatic N) is 4. The number of carbonyl (C=O) groups is 2. The van der Waals surface area contributed by atoms with Gasteiger partial charge in [0, 0.05) is 49.3 Å². The highest BCUT2D eigenvalue weighted by molar-refractivity contribution is 6.04. The van der Waals surface area contributed by atoms with Gasteiger partial charge < -0.3 is 4.74 Å². The highest BCUT2D eigenvalue weighted by Gasteiger charge is 2.25. The molecule has 10 nitrogen and oxygen atoms in total. The van der Waals surface area contributed by atoms with Crippen LogP contribution in [0, 0.1) is 0 Å². The van der Waals surface area contributed by atoms with Crippen LogP contribution in [0.1, 0.15) is 41.7 Å². The summed E-state index contributed by atoms with van der Waals surface area (Å²) in [4.78, 5) is 30.5. The van der Waals surface area contributed by atoms with Gasteiger partial charge in [0.25, 0.3) is 5.91 Å². The van der Waals surface area contributed by atoms with Crippen LogP contribution >= 0.6 is 0 Å². The smallest absolute Gasteiger partial charge is 0.258 e. The number of aromatic nitrogens is 4. The zero-order chi connectivity index (χ0) is 27.0. The Bertz CT molecular complexity index is 1390. The van der Waals surface area contributed by atoms with Gasteiger partial charge in [-0.25, -0.2) is 9.99 Å². The molecule has 1 aliphatic heterocycles. The van der Waals surface area contributed by atoms with E-state index in [0.29, 0.717) is 37.4 Å². The molecule has 3 N–H and O–H groups in total. The number of benzene rings is 2. The molecule has 0 aliphatic carbocycles. The van der Waals surface area contributed by atoms with Gasteiger partial charge in [0.2, 0.25) is 11.9 Å². The molecule has 0 saturated carbocycles. The highest BCUT2D eigenvalue weighted by atomic mass is 16.5. The minimum Gasteiger partial charge on any atom is -0.383 e. The summed E-state index contributed by atoms with van der Waals surface area (Å²) in [6.07, 6.45) is 9.12. The third-order valence-electron chi connectivity index (χ3n) is 6.81. The number of aryl methyl sites for hydroxylation is 1. The Morgan fingerprint density at radius 2 is 2.00 bits per heavy atom. The Morgan fingerprint density at radius 1 is 1.13 bits per heavy atom. The first-order valence-corrected chi connectivity index (χ1v) is 13.2. The lowest BCUT2D eigenvalue weighted by Crippen LogP contribution is -2.46. The summed E-state index contributed by atoms with van der Waals surface area (Å²) in [7, 11) is 1.68. The van der Waals surface area contributed by atoms with Crippen LogP contribution in [-0.4, -0.2) is 62.9 Å². The SMILES string of the molecule is COC[C@@H]1CCCN1NC(=O)CCCc1cn(-c2ccccc2)c(NC(=O)c2cccc(-c3cn[nH]c3)c2)n1. The van der Waals surface area contributed by atoms with Crippen molar-refractivity contribution in [2.75, 3.05) is 25.6 Å². The summed E-state index contributed by atoms with van der Waals surface area (Å²) in [6.45, 7) is 1.45. The summed E-state index contributed by atoms with van der Waals surface area (Å²) in [5.41, 5.74) is 7.02. The van der Waals surface area contributed by atoms with Gasteiger partial charge in [-0.2, -0.15) is 5.10 Å². The van der Waals surface area contributed by atoms with Crippen molar-refractivity contribution in [2.45, 2.75) is 38.1 Å². The molecule has 0 bridgehead atoms. The lowest BCUT2D eigenvalue weighted by molar-refractivity contribution is -0.126. The molecule has 39 heavy (non-hydrogen) atoms. The van der Waals surface area contributed by atoms with Gasteiger partial charge in [0.15, 0.2) is 0 Å². The molecule has 10 heteroatoms. The quantitative estimate of drug-likeness (QED) is 0.272. The van der Waals surface area contributed by atoms with Crippen LogP contribution in [0.3, 0.4) is 0 Å². The van der Waals surface area contributed by atoms with Crippen LogP contribution in [0.5, 0.6) is 0 Å². The molecular formula is C29H33N7O3. The number of rotatable bonds is 11. The first kappa shape index (κ1) is 26.3. The number of H-pyrrole nitrogens is 1. The van der Waals surface area contributed by atoms with E-state index in [1.54, 1.807) is 25.6 Å². The fourth-order valence-corrected chi connectivity index (χ4v) is 4.84. The first-order valence-electron chi connectivity index (χ1n) is 13.2. The van der Waals surface area contributed by atoms with Gasteiger partial charge in [-0.1, -0.05) is 30.3 Å². The van der Waals surface area contributed by atoms with E-state index in [-0.39, 0.29) is 17.9 Å². The zero-order valence-electron chi connectivity index (χ0n) is 22.0. The Morgan fingerprint density at radius 3 is 2.79 bits per heavy atom. The second-order valence-electron chi connectivity index (χ2n) is 9.62. The molecule has 0 spiro atoms. The maximum absolute atomic E-state index is 13.2. The summed E-state index contributed by atoms with van der Waals surface area (Å²) >= 11 is 0. The second kappa shape index (κ2) is 12.5. The normalized spacial score (nSPS) is 15.4. The van der Waals surface area contributed by atoms with E-state index in [2.05, 4.69) is 20.9 Å². The van der Waals surface area contributed by atoms with E-state index in [9.17, 15) is 9.59 Å². The average molecular weight is 528 g/mol. The number of ether oxygens (including phenoxy) is 1. The summed E-state index contributed by atoms with van der Waals surface area (Å²) in [5.74, 6) is 0.163. The molecule has 1 aliphatic rings. The fraction of sp³-hybridized carbons (Fsp3) is 0.310. The van der Waals surface area contributed by atoms with E-state index in [4.69, 9.17) is 9.72 Å². The second-order valence-corrected chi connectivity index (χ2v) is 9.62. The number of para-hydroxylation sites is 1. The fourth-order valence-electron chi connectivity index (χ4n) is 4.84. The molecule has 5 rings (SSSR count). The largest absolute Gasteiger partial charge is 0.383 e. The molecule has 4 aromatic rings. The lowest BCUT2D eigenvalue weighted by atomic mass is 10.1. The van der Waals surface area contributed by atoms with E-state index in [1.807, 2.05) is 64.3 Å². The molecule has 0 unspecified atom stereocenters. The van der Waals surface area contributed by atoms with Gasteiger partial charge in [-0.15, -0.1) is 0 Å². The third kappa shape index (κ3) is 6.60. The van der Waals surface area contributed by atoms with Gasteiger partial charge >= 0.3 is 0 Å². The topological polar surface area (TPSA) is 117 Å². The van der Waals surface area contributed by atoms with Crippen LogP contribution in [0.25, 0.3) is 16.8 Å². The molecule has 2 aromatic heterocycles. The Labute approximate surface area is 227 Å². The molecule has 202 valence electrons. The predicted molar refractivity (Wildman–Crippen MR) is 148 cm³/mol. The van der Waals surface area contributed by atoms with Gasteiger partial charge in [-0.05, 0) is 55.5 Å². The predicted octanol–water partition coefficient (Wildman–Crippen LogP) is 3.98. The molecular weight excluding hydrogens is 494 g/mol. The van der Waals surface area contributed by atoms with E-state index >= 15 is 0 Å². The lowest BCUT2D eigenvalue weighted by Gasteiger charge is -2.24. The van der Waals surface area contributed by atoms with Gasteiger partial charge in [0.05, 0.1) is 24.5 Å². The Hall–Kier alpha value is -4.28. The van der Waals surface area contributed by atoms with Crippen LogP contribution in [0.15, 0.2) is 73.2 Å². The first-order chi connectivity index (χ1) is 19.1. The zero-order valence-corrected chi connectivity index (χ0v) is 22.0. The molecule has 2 aromatic carbocycles. The minimum absolute atomic E-state index is 0.00785. The van der Waals surface area contributed by atoms with E-state index in [1.165, 1.54) is 0 Å². The van der Waals surface area contributed by atoms with Crippen LogP contribution in [0.2, 0.25) is 0 Å². The van der Waals surface area contributed by atoms with E-state index < -0.39 is 0 Å². The molecule has 1 atom stereocenters. The summed E-state index contributed by atoms with van der Waals surface area (Å²) < 4.78 is 7.14.